The Hall–Kier alpha value is -0.340. The fourth-order valence-electron chi connectivity index (χ4n) is 1.44. The third kappa shape index (κ3) is 3.62. The van der Waals surface area contributed by atoms with Crippen LogP contribution < -0.4 is 10.0 Å². The van der Waals surface area contributed by atoms with E-state index >= 15 is 0 Å². The summed E-state index contributed by atoms with van der Waals surface area (Å²) in [6.45, 7) is 1.43. The van der Waals surface area contributed by atoms with E-state index in [0.717, 1.165) is 19.5 Å². The van der Waals surface area contributed by atoms with Crippen molar-refractivity contribution in [3.8, 4) is 0 Å². The molecule has 1 atom stereocenters. The van der Waals surface area contributed by atoms with Gasteiger partial charge >= 0.3 is 15.5 Å². The Morgan fingerprint density at radius 2 is 2.07 bits per heavy atom. The Balaban J connectivity index is 2.30. The smallest absolute Gasteiger partial charge is 0.316 e. The maximum Gasteiger partial charge on any atom is 0.511 e. The third-order valence-electron chi connectivity index (χ3n) is 2.31. The highest BCUT2D eigenvalue weighted by Crippen LogP contribution is 2.21. The van der Waals surface area contributed by atoms with Crippen molar-refractivity contribution in [2.75, 3.05) is 19.6 Å². The first-order valence-electron chi connectivity index (χ1n) is 4.59. The maximum absolute atomic E-state index is 11.9. The second-order valence-corrected chi connectivity index (χ2v) is 5.25. The molecule has 1 aliphatic heterocycles. The molecule has 8 heteroatoms. The molecular formula is C7H13F3N2O2S. The molecule has 0 saturated carbocycles. The van der Waals surface area contributed by atoms with Crippen LogP contribution in [-0.2, 0) is 10.0 Å². The standard InChI is InChI=1S/C7H13F3N2O2S/c8-7(9,10)15(13,14)12-4-2-6-1-3-11-5-6/h6,11-12H,1-5H2. The number of alkyl halides is 3. The fraction of sp³-hybridized carbons (Fsp3) is 1.00. The van der Waals surface area contributed by atoms with Gasteiger partial charge in [0.15, 0.2) is 0 Å². The molecule has 0 amide bonds. The van der Waals surface area contributed by atoms with Crippen LogP contribution in [0.2, 0.25) is 0 Å². The molecule has 15 heavy (non-hydrogen) atoms. The highest BCUT2D eigenvalue weighted by Gasteiger charge is 2.45. The van der Waals surface area contributed by atoms with Crippen LogP contribution in [0.15, 0.2) is 0 Å². The molecule has 1 fully saturated rings. The molecule has 1 saturated heterocycles. The molecule has 0 aromatic heterocycles. The fourth-order valence-corrected chi connectivity index (χ4v) is 1.99. The Morgan fingerprint density at radius 1 is 1.40 bits per heavy atom. The van der Waals surface area contributed by atoms with Gasteiger partial charge in [0.05, 0.1) is 0 Å². The summed E-state index contributed by atoms with van der Waals surface area (Å²) in [6, 6.07) is 0. The van der Waals surface area contributed by atoms with Crippen molar-refractivity contribution in [2.45, 2.75) is 18.3 Å². The summed E-state index contributed by atoms with van der Waals surface area (Å²) in [5.41, 5.74) is -5.21. The minimum Gasteiger partial charge on any atom is -0.316 e. The van der Waals surface area contributed by atoms with Crippen molar-refractivity contribution < 1.29 is 21.6 Å². The summed E-state index contributed by atoms with van der Waals surface area (Å²) >= 11 is 0. The number of nitrogens with one attached hydrogen (secondary N) is 2. The van der Waals surface area contributed by atoms with Crippen molar-refractivity contribution >= 4 is 10.0 Å². The molecule has 0 bridgehead atoms. The van der Waals surface area contributed by atoms with Crippen LogP contribution in [0.3, 0.4) is 0 Å². The van der Waals surface area contributed by atoms with Crippen LogP contribution in [0.1, 0.15) is 12.8 Å². The first kappa shape index (κ1) is 12.7. The largest absolute Gasteiger partial charge is 0.511 e. The Morgan fingerprint density at radius 3 is 2.53 bits per heavy atom. The molecule has 0 radical (unpaired) electrons. The van der Waals surface area contributed by atoms with E-state index < -0.39 is 15.5 Å². The predicted octanol–water partition coefficient (Wildman–Crippen LogP) is 0.425. The molecule has 1 heterocycles. The van der Waals surface area contributed by atoms with Gasteiger partial charge in [0.2, 0.25) is 0 Å². The van der Waals surface area contributed by atoms with Gasteiger partial charge in [-0.2, -0.15) is 13.2 Å². The zero-order valence-corrected chi connectivity index (χ0v) is 8.79. The minimum atomic E-state index is -5.21. The van der Waals surface area contributed by atoms with Crippen LogP contribution in [0.25, 0.3) is 0 Å². The lowest BCUT2D eigenvalue weighted by Gasteiger charge is -2.11. The van der Waals surface area contributed by atoms with Crippen molar-refractivity contribution in [2.24, 2.45) is 5.92 Å². The van der Waals surface area contributed by atoms with Gasteiger partial charge in [-0.1, -0.05) is 0 Å². The van der Waals surface area contributed by atoms with Crippen LogP contribution in [0.5, 0.6) is 0 Å². The Bertz CT molecular complexity index is 296. The number of rotatable bonds is 4. The van der Waals surface area contributed by atoms with Crippen molar-refractivity contribution in [1.29, 1.82) is 0 Å². The molecule has 2 N–H and O–H groups in total. The van der Waals surface area contributed by atoms with E-state index in [1.807, 2.05) is 0 Å². The van der Waals surface area contributed by atoms with Crippen LogP contribution >= 0.6 is 0 Å². The van der Waals surface area contributed by atoms with Gasteiger partial charge in [-0.15, -0.1) is 0 Å². The number of hydrogen-bond donors (Lipinski definition) is 2. The quantitative estimate of drug-likeness (QED) is 0.756. The maximum atomic E-state index is 11.9. The van der Waals surface area contributed by atoms with E-state index in [1.54, 1.807) is 4.72 Å². The molecular weight excluding hydrogens is 233 g/mol. The summed E-state index contributed by atoms with van der Waals surface area (Å²) in [4.78, 5) is 0. The highest BCUT2D eigenvalue weighted by molar-refractivity contribution is 7.90. The first-order chi connectivity index (χ1) is 6.83. The Kier molecular flexibility index (Phi) is 3.96. The SMILES string of the molecule is O=S(=O)(NCCC1CCNC1)C(F)(F)F. The molecule has 1 rings (SSSR count). The molecule has 1 aliphatic rings. The molecule has 0 aromatic rings. The van der Waals surface area contributed by atoms with Gasteiger partial charge < -0.3 is 5.32 Å². The summed E-state index contributed by atoms with van der Waals surface area (Å²) in [6.07, 6.45) is 1.32. The topological polar surface area (TPSA) is 58.2 Å². The Labute approximate surface area is 86.3 Å². The average Bonchev–Trinajstić information content (AvgIpc) is 2.54. The molecule has 0 spiro atoms. The van der Waals surface area contributed by atoms with Crippen LogP contribution in [0, 0.1) is 5.92 Å². The predicted molar refractivity (Wildman–Crippen MR) is 48.6 cm³/mol. The third-order valence-corrected chi connectivity index (χ3v) is 3.51. The van der Waals surface area contributed by atoms with Gasteiger partial charge in [-0.25, -0.2) is 13.1 Å². The number of sulfonamides is 1. The van der Waals surface area contributed by atoms with Crippen LogP contribution in [-0.4, -0.2) is 33.6 Å². The number of halogens is 3. The van der Waals surface area contributed by atoms with Crippen molar-refractivity contribution in [1.82, 2.24) is 10.0 Å². The lowest BCUT2D eigenvalue weighted by atomic mass is 10.1. The average molecular weight is 246 g/mol. The number of hydrogen-bond acceptors (Lipinski definition) is 3. The normalized spacial score (nSPS) is 23.3. The monoisotopic (exact) mass is 246 g/mol. The van der Waals surface area contributed by atoms with Gasteiger partial charge in [0.1, 0.15) is 0 Å². The second kappa shape index (κ2) is 4.67. The summed E-state index contributed by atoms with van der Waals surface area (Å²) in [7, 11) is -5.16. The lowest BCUT2D eigenvalue weighted by molar-refractivity contribution is -0.0447. The van der Waals surface area contributed by atoms with E-state index in [2.05, 4.69) is 5.32 Å². The van der Waals surface area contributed by atoms with Crippen molar-refractivity contribution in [3.63, 3.8) is 0 Å². The molecule has 90 valence electrons. The van der Waals surface area contributed by atoms with Gasteiger partial charge in [0.25, 0.3) is 0 Å². The van der Waals surface area contributed by atoms with Gasteiger partial charge in [0, 0.05) is 6.54 Å². The zero-order chi connectivity index (χ0) is 11.5. The molecule has 0 aromatic carbocycles. The van der Waals surface area contributed by atoms with Crippen LogP contribution in [0.4, 0.5) is 13.2 Å². The molecule has 0 aliphatic carbocycles. The van der Waals surface area contributed by atoms with E-state index in [1.165, 1.54) is 0 Å². The van der Waals surface area contributed by atoms with Gasteiger partial charge in [-0.05, 0) is 31.8 Å². The zero-order valence-electron chi connectivity index (χ0n) is 7.97. The van der Waals surface area contributed by atoms with E-state index in [9.17, 15) is 21.6 Å². The first-order valence-corrected chi connectivity index (χ1v) is 6.08. The van der Waals surface area contributed by atoms with Crippen molar-refractivity contribution in [3.05, 3.63) is 0 Å². The summed E-state index contributed by atoms with van der Waals surface area (Å²) in [5.74, 6) is 0.265. The molecule has 4 nitrogen and oxygen atoms in total. The summed E-state index contributed by atoms with van der Waals surface area (Å²) < 4.78 is 58.3. The minimum absolute atomic E-state index is 0.159. The molecule has 1 unspecified atom stereocenters. The van der Waals surface area contributed by atoms with E-state index in [0.29, 0.717) is 6.42 Å². The highest BCUT2D eigenvalue weighted by atomic mass is 32.2. The lowest BCUT2D eigenvalue weighted by Crippen LogP contribution is -2.37. The van der Waals surface area contributed by atoms with E-state index in [-0.39, 0.29) is 12.5 Å². The summed E-state index contributed by atoms with van der Waals surface area (Å²) in [5, 5.41) is 3.05. The van der Waals surface area contributed by atoms with E-state index in [4.69, 9.17) is 0 Å². The van der Waals surface area contributed by atoms with Gasteiger partial charge in [-0.3, -0.25) is 0 Å². The second-order valence-electron chi connectivity index (χ2n) is 3.49.